The first-order chi connectivity index (χ1) is 15.9. The molecule has 0 saturated carbocycles. The molecule has 1 unspecified atom stereocenters. The predicted octanol–water partition coefficient (Wildman–Crippen LogP) is 3.88. The number of allylic oxidation sites excluding steroid dienone is 1. The summed E-state index contributed by atoms with van der Waals surface area (Å²) in [5.74, 6) is -0.147. The summed E-state index contributed by atoms with van der Waals surface area (Å²) in [7, 11) is -3.28. The van der Waals surface area contributed by atoms with Crippen LogP contribution in [0.4, 0.5) is 0 Å². The Morgan fingerprint density at radius 2 is 1.85 bits per heavy atom. The first kappa shape index (κ1) is 21.8. The summed E-state index contributed by atoms with van der Waals surface area (Å²) in [6.45, 7) is 0.821. The summed E-state index contributed by atoms with van der Waals surface area (Å²) >= 11 is 0. The van der Waals surface area contributed by atoms with Crippen molar-refractivity contribution < 1.29 is 13.2 Å². The van der Waals surface area contributed by atoms with Crippen LogP contribution in [0.15, 0.2) is 54.6 Å². The molecule has 2 aromatic carbocycles. The SMILES string of the molecule is CS(=O)(=O)N1CCCC(NC(=O)c2c3c(nc4ccccc24)/C(=C\c2ccccc2)CC3)C1. The van der Waals surface area contributed by atoms with Crippen LogP contribution >= 0.6 is 0 Å². The van der Waals surface area contributed by atoms with Gasteiger partial charge in [-0.05, 0) is 54.5 Å². The van der Waals surface area contributed by atoms with Crippen molar-refractivity contribution in [1.29, 1.82) is 0 Å². The van der Waals surface area contributed by atoms with Crippen LogP contribution in [-0.4, -0.2) is 49.0 Å². The molecule has 1 amide bonds. The van der Waals surface area contributed by atoms with E-state index < -0.39 is 10.0 Å². The Bertz CT molecular complexity index is 1350. The van der Waals surface area contributed by atoms with Gasteiger partial charge in [0.2, 0.25) is 10.0 Å². The second kappa shape index (κ2) is 8.72. The van der Waals surface area contributed by atoms with E-state index in [2.05, 4.69) is 23.5 Å². The van der Waals surface area contributed by atoms with Crippen LogP contribution in [0.5, 0.6) is 0 Å². The van der Waals surface area contributed by atoms with Crippen molar-refractivity contribution in [3.63, 3.8) is 0 Å². The molecule has 1 N–H and O–H groups in total. The lowest BCUT2D eigenvalue weighted by atomic mass is 9.99. The van der Waals surface area contributed by atoms with Crippen molar-refractivity contribution in [2.45, 2.75) is 31.7 Å². The van der Waals surface area contributed by atoms with Gasteiger partial charge in [0, 0.05) is 24.5 Å². The van der Waals surface area contributed by atoms with Crippen molar-refractivity contribution in [2.24, 2.45) is 0 Å². The quantitative estimate of drug-likeness (QED) is 0.640. The molecule has 0 spiro atoms. The number of hydrogen-bond acceptors (Lipinski definition) is 4. The van der Waals surface area contributed by atoms with Crippen LogP contribution in [0, 0.1) is 0 Å². The van der Waals surface area contributed by atoms with Gasteiger partial charge >= 0.3 is 0 Å². The lowest BCUT2D eigenvalue weighted by molar-refractivity contribution is 0.0922. The molecule has 1 fully saturated rings. The Kier molecular flexibility index (Phi) is 5.76. The molecule has 0 bridgehead atoms. The van der Waals surface area contributed by atoms with E-state index in [1.54, 1.807) is 0 Å². The fourth-order valence-corrected chi connectivity index (χ4v) is 5.82. The monoisotopic (exact) mass is 461 g/mol. The second-order valence-electron chi connectivity index (χ2n) is 8.84. The van der Waals surface area contributed by atoms with E-state index in [4.69, 9.17) is 4.98 Å². The third-order valence-electron chi connectivity index (χ3n) is 6.50. The highest BCUT2D eigenvalue weighted by atomic mass is 32.2. The normalized spacial score (nSPS) is 20.2. The smallest absolute Gasteiger partial charge is 0.252 e. The summed E-state index contributed by atoms with van der Waals surface area (Å²) in [5, 5.41) is 3.97. The number of carbonyl (C=O) groups excluding carboxylic acids is 1. The van der Waals surface area contributed by atoms with Gasteiger partial charge in [-0.25, -0.2) is 17.7 Å². The topological polar surface area (TPSA) is 79.4 Å². The summed E-state index contributed by atoms with van der Waals surface area (Å²) in [6.07, 6.45) is 6.47. The first-order valence-electron chi connectivity index (χ1n) is 11.3. The minimum Gasteiger partial charge on any atom is -0.348 e. The highest BCUT2D eigenvalue weighted by molar-refractivity contribution is 7.88. The molecule has 1 aliphatic carbocycles. The molecule has 5 rings (SSSR count). The number of pyridine rings is 1. The fourth-order valence-electron chi connectivity index (χ4n) is 4.91. The maximum Gasteiger partial charge on any atom is 0.252 e. The Balaban J connectivity index is 1.52. The maximum absolute atomic E-state index is 13.6. The number of nitrogens with zero attached hydrogens (tertiary/aromatic N) is 2. The molecule has 6 nitrogen and oxygen atoms in total. The lowest BCUT2D eigenvalue weighted by Crippen LogP contribution is -2.49. The zero-order valence-corrected chi connectivity index (χ0v) is 19.4. The number of piperidine rings is 1. The zero-order valence-electron chi connectivity index (χ0n) is 18.6. The molecular formula is C26H27N3O3S. The number of sulfonamides is 1. The van der Waals surface area contributed by atoms with Crippen LogP contribution in [0.2, 0.25) is 0 Å². The van der Waals surface area contributed by atoms with Gasteiger partial charge in [0.1, 0.15) is 0 Å². The third kappa shape index (κ3) is 4.43. The third-order valence-corrected chi connectivity index (χ3v) is 7.77. The van der Waals surface area contributed by atoms with E-state index in [0.29, 0.717) is 18.7 Å². The molecule has 1 aliphatic heterocycles. The van der Waals surface area contributed by atoms with Gasteiger partial charge in [0.05, 0.1) is 23.0 Å². The van der Waals surface area contributed by atoms with Crippen molar-refractivity contribution in [3.05, 3.63) is 77.0 Å². The maximum atomic E-state index is 13.6. The molecule has 0 radical (unpaired) electrons. The number of amides is 1. The Morgan fingerprint density at radius 1 is 1.09 bits per heavy atom. The highest BCUT2D eigenvalue weighted by Gasteiger charge is 2.30. The number of aromatic nitrogens is 1. The predicted molar refractivity (Wildman–Crippen MR) is 131 cm³/mol. The van der Waals surface area contributed by atoms with E-state index in [0.717, 1.165) is 59.0 Å². The number of para-hydroxylation sites is 1. The van der Waals surface area contributed by atoms with Gasteiger partial charge in [-0.1, -0.05) is 48.5 Å². The van der Waals surface area contributed by atoms with Gasteiger partial charge in [-0.15, -0.1) is 0 Å². The number of fused-ring (bicyclic) bond motifs is 2. The van der Waals surface area contributed by atoms with E-state index in [-0.39, 0.29) is 11.9 Å². The summed E-state index contributed by atoms with van der Waals surface area (Å²) in [4.78, 5) is 18.5. The Hall–Kier alpha value is -3.03. The summed E-state index contributed by atoms with van der Waals surface area (Å²) in [5.41, 5.74) is 5.58. The van der Waals surface area contributed by atoms with E-state index >= 15 is 0 Å². The molecule has 1 aromatic heterocycles. The molecule has 2 heterocycles. The zero-order chi connectivity index (χ0) is 23.0. The molecule has 3 aromatic rings. The van der Waals surface area contributed by atoms with Crippen LogP contribution in [-0.2, 0) is 16.4 Å². The van der Waals surface area contributed by atoms with E-state index in [1.165, 1.54) is 10.6 Å². The van der Waals surface area contributed by atoms with Crippen molar-refractivity contribution in [2.75, 3.05) is 19.3 Å². The summed E-state index contributed by atoms with van der Waals surface area (Å²) in [6, 6.07) is 17.7. The van der Waals surface area contributed by atoms with Crippen LogP contribution < -0.4 is 5.32 Å². The van der Waals surface area contributed by atoms with Crippen LogP contribution in [0.25, 0.3) is 22.6 Å². The molecule has 1 atom stereocenters. The van der Waals surface area contributed by atoms with Crippen molar-refractivity contribution in [3.8, 4) is 0 Å². The first-order valence-corrected chi connectivity index (χ1v) is 13.2. The summed E-state index contributed by atoms with van der Waals surface area (Å²) < 4.78 is 25.5. The molecular weight excluding hydrogens is 434 g/mol. The molecule has 33 heavy (non-hydrogen) atoms. The van der Waals surface area contributed by atoms with E-state index in [1.807, 2.05) is 42.5 Å². The van der Waals surface area contributed by atoms with Gasteiger partial charge in [0.15, 0.2) is 0 Å². The van der Waals surface area contributed by atoms with Crippen LogP contribution in [0.3, 0.4) is 0 Å². The second-order valence-corrected chi connectivity index (χ2v) is 10.8. The van der Waals surface area contributed by atoms with Crippen molar-refractivity contribution >= 4 is 38.5 Å². The number of hydrogen-bond donors (Lipinski definition) is 1. The molecule has 170 valence electrons. The number of carbonyl (C=O) groups is 1. The number of rotatable bonds is 4. The number of benzene rings is 2. The standard InChI is InChI=1S/C26H27N3O3S/c1-33(31,32)29-15-7-10-20(17-29)27-26(30)24-21-11-5-6-12-23(21)28-25-19(13-14-22(24)25)16-18-8-3-2-4-9-18/h2-6,8-9,11-12,16,20H,7,10,13-15,17H2,1H3,(H,27,30)/b19-16-. The molecule has 1 saturated heterocycles. The molecule has 7 heteroatoms. The minimum absolute atomic E-state index is 0.147. The Labute approximate surface area is 194 Å². The van der Waals surface area contributed by atoms with Gasteiger partial charge in [-0.2, -0.15) is 0 Å². The van der Waals surface area contributed by atoms with Crippen molar-refractivity contribution in [1.82, 2.24) is 14.6 Å². The number of nitrogens with one attached hydrogen (secondary N) is 1. The largest absolute Gasteiger partial charge is 0.348 e. The average molecular weight is 462 g/mol. The van der Waals surface area contributed by atoms with E-state index in [9.17, 15) is 13.2 Å². The van der Waals surface area contributed by atoms with Gasteiger partial charge < -0.3 is 5.32 Å². The van der Waals surface area contributed by atoms with Crippen LogP contribution in [0.1, 0.15) is 46.4 Å². The van der Waals surface area contributed by atoms with Gasteiger partial charge in [0.25, 0.3) is 5.91 Å². The minimum atomic E-state index is -3.28. The van der Waals surface area contributed by atoms with Gasteiger partial charge in [-0.3, -0.25) is 4.79 Å². The lowest BCUT2D eigenvalue weighted by Gasteiger charge is -2.31. The highest BCUT2D eigenvalue weighted by Crippen LogP contribution is 2.37. The fraction of sp³-hybridized carbons (Fsp3) is 0.308. The Morgan fingerprint density at radius 3 is 2.64 bits per heavy atom. The molecule has 2 aliphatic rings. The average Bonchev–Trinajstić information content (AvgIpc) is 3.19.